The van der Waals surface area contributed by atoms with Gasteiger partial charge in [-0.2, -0.15) is 0 Å². The van der Waals surface area contributed by atoms with Crippen molar-refractivity contribution in [3.8, 4) is 0 Å². The molecular weight excluding hydrogens is 244 g/mol. The van der Waals surface area contributed by atoms with Crippen LogP contribution in [0.25, 0.3) is 0 Å². The zero-order valence-electron chi connectivity index (χ0n) is 11.6. The summed E-state index contributed by atoms with van der Waals surface area (Å²) in [6, 6.07) is 0. The van der Waals surface area contributed by atoms with Crippen molar-refractivity contribution in [2.45, 2.75) is 40.0 Å². The van der Waals surface area contributed by atoms with Crippen molar-refractivity contribution in [1.29, 1.82) is 0 Å². The number of aliphatic carboxylic acids is 2. The molecule has 3 aliphatic carbocycles. The number of fused-ring (bicyclic) bond motifs is 3. The Labute approximate surface area is 112 Å². The molecule has 0 aromatic carbocycles. The smallest absolute Gasteiger partial charge is 0.332 e. The number of hydrogen-bond donors (Lipinski definition) is 2. The molecule has 0 spiro atoms. The van der Waals surface area contributed by atoms with Crippen LogP contribution in [0.5, 0.6) is 0 Å². The lowest BCUT2D eigenvalue weighted by Gasteiger charge is -2.33. The number of allylic oxidation sites excluding steroid dienone is 1. The molecule has 0 heterocycles. The lowest BCUT2D eigenvalue weighted by atomic mass is 9.69. The van der Waals surface area contributed by atoms with Crippen LogP contribution in [0.2, 0.25) is 0 Å². The van der Waals surface area contributed by atoms with Crippen LogP contribution in [0.4, 0.5) is 0 Å². The zero-order valence-corrected chi connectivity index (χ0v) is 11.6. The van der Waals surface area contributed by atoms with E-state index in [0.29, 0.717) is 12.3 Å². The SMILES string of the molecule is CC1(C)CC2C=C(C(=O)O)C3(C(=O)O)CC3(C)C2C1. The lowest BCUT2D eigenvalue weighted by molar-refractivity contribution is -0.147. The summed E-state index contributed by atoms with van der Waals surface area (Å²) in [5.41, 5.74) is -1.21. The fourth-order valence-electron chi connectivity index (χ4n) is 4.89. The standard InChI is InChI=1S/C15H20O4/c1-13(2)5-8-4-9(11(16)17)15(12(18)19)7-14(15,3)10(8)6-13/h4,8,10H,5-7H2,1-3H3,(H,16,17)(H,18,19). The monoisotopic (exact) mass is 264 g/mol. The molecule has 0 aromatic rings. The second kappa shape index (κ2) is 3.22. The first-order valence-electron chi connectivity index (χ1n) is 6.83. The summed E-state index contributed by atoms with van der Waals surface area (Å²) >= 11 is 0. The summed E-state index contributed by atoms with van der Waals surface area (Å²) in [5, 5.41) is 19.0. The summed E-state index contributed by atoms with van der Waals surface area (Å²) in [4.78, 5) is 23.1. The van der Waals surface area contributed by atoms with Gasteiger partial charge in [-0.15, -0.1) is 0 Å². The average molecular weight is 264 g/mol. The van der Waals surface area contributed by atoms with Crippen molar-refractivity contribution in [3.05, 3.63) is 11.6 Å². The lowest BCUT2D eigenvalue weighted by Crippen LogP contribution is -2.37. The van der Waals surface area contributed by atoms with Gasteiger partial charge < -0.3 is 10.2 Å². The summed E-state index contributed by atoms with van der Waals surface area (Å²) in [6.45, 7) is 6.34. The molecule has 2 fully saturated rings. The quantitative estimate of drug-likeness (QED) is 0.803. The third kappa shape index (κ3) is 1.35. The van der Waals surface area contributed by atoms with E-state index in [0.717, 1.165) is 12.8 Å². The van der Waals surface area contributed by atoms with Gasteiger partial charge in [-0.05, 0) is 41.9 Å². The third-order valence-electron chi connectivity index (χ3n) is 5.81. The molecule has 0 aromatic heterocycles. The molecule has 3 aliphatic rings. The van der Waals surface area contributed by atoms with Gasteiger partial charge >= 0.3 is 11.9 Å². The van der Waals surface area contributed by atoms with Gasteiger partial charge in [0, 0.05) is 0 Å². The molecular formula is C15H20O4. The Morgan fingerprint density at radius 3 is 2.37 bits per heavy atom. The number of carboxylic acids is 2. The maximum atomic E-state index is 11.7. The number of carboxylic acid groups (broad SMARTS) is 2. The van der Waals surface area contributed by atoms with Gasteiger partial charge in [0.2, 0.25) is 0 Å². The van der Waals surface area contributed by atoms with Crippen molar-refractivity contribution in [2.75, 3.05) is 0 Å². The van der Waals surface area contributed by atoms with E-state index in [1.807, 2.05) is 6.92 Å². The van der Waals surface area contributed by atoms with Crippen LogP contribution in [0.1, 0.15) is 40.0 Å². The largest absolute Gasteiger partial charge is 0.481 e. The van der Waals surface area contributed by atoms with E-state index < -0.39 is 17.4 Å². The topological polar surface area (TPSA) is 74.6 Å². The average Bonchev–Trinajstić information content (AvgIpc) is 2.78. The fourth-order valence-corrected chi connectivity index (χ4v) is 4.89. The van der Waals surface area contributed by atoms with Gasteiger partial charge in [-0.1, -0.05) is 26.8 Å². The highest BCUT2D eigenvalue weighted by atomic mass is 16.4. The highest BCUT2D eigenvalue weighted by molar-refractivity contribution is 6.00. The van der Waals surface area contributed by atoms with Crippen LogP contribution in [0.15, 0.2) is 11.6 Å². The zero-order chi connectivity index (χ0) is 14.2. The summed E-state index contributed by atoms with van der Waals surface area (Å²) in [7, 11) is 0. The molecule has 4 nitrogen and oxygen atoms in total. The Balaban J connectivity index is 2.11. The van der Waals surface area contributed by atoms with E-state index in [1.54, 1.807) is 6.08 Å². The van der Waals surface area contributed by atoms with Gasteiger partial charge in [0.25, 0.3) is 0 Å². The molecule has 0 amide bonds. The minimum absolute atomic E-state index is 0.126. The molecule has 2 N–H and O–H groups in total. The van der Waals surface area contributed by atoms with Crippen LogP contribution in [-0.2, 0) is 9.59 Å². The molecule has 4 atom stereocenters. The normalized spacial score (nSPS) is 45.9. The molecule has 19 heavy (non-hydrogen) atoms. The molecule has 4 heteroatoms. The number of hydrogen-bond acceptors (Lipinski definition) is 2. The molecule has 2 saturated carbocycles. The summed E-state index contributed by atoms with van der Waals surface area (Å²) in [5.74, 6) is -1.50. The van der Waals surface area contributed by atoms with E-state index in [1.165, 1.54) is 0 Å². The Kier molecular flexibility index (Phi) is 2.15. The van der Waals surface area contributed by atoms with Gasteiger partial charge in [0.05, 0.1) is 5.57 Å². The van der Waals surface area contributed by atoms with Gasteiger partial charge in [-0.25, -0.2) is 4.79 Å². The molecule has 3 rings (SSSR count). The molecule has 4 unspecified atom stereocenters. The maximum Gasteiger partial charge on any atom is 0.332 e. The number of carbonyl (C=O) groups is 2. The highest BCUT2D eigenvalue weighted by Crippen LogP contribution is 2.78. The Morgan fingerprint density at radius 2 is 1.84 bits per heavy atom. The van der Waals surface area contributed by atoms with Gasteiger partial charge in [0.1, 0.15) is 5.41 Å². The van der Waals surface area contributed by atoms with Crippen molar-refractivity contribution >= 4 is 11.9 Å². The second-order valence-corrected chi connectivity index (χ2v) is 7.53. The predicted molar refractivity (Wildman–Crippen MR) is 68.5 cm³/mol. The van der Waals surface area contributed by atoms with E-state index >= 15 is 0 Å². The van der Waals surface area contributed by atoms with E-state index in [2.05, 4.69) is 13.8 Å². The number of rotatable bonds is 2. The second-order valence-electron chi connectivity index (χ2n) is 7.53. The molecule has 0 aliphatic heterocycles. The van der Waals surface area contributed by atoms with Gasteiger partial charge in [-0.3, -0.25) is 4.79 Å². The molecule has 0 bridgehead atoms. The van der Waals surface area contributed by atoms with Crippen molar-refractivity contribution < 1.29 is 19.8 Å². The van der Waals surface area contributed by atoms with Gasteiger partial charge in [0.15, 0.2) is 0 Å². The first-order valence-corrected chi connectivity index (χ1v) is 6.83. The maximum absolute atomic E-state index is 11.7. The summed E-state index contributed by atoms with van der Waals surface area (Å²) in [6.07, 6.45) is 4.18. The minimum atomic E-state index is -1.14. The molecule has 0 saturated heterocycles. The van der Waals surface area contributed by atoms with E-state index in [4.69, 9.17) is 0 Å². The van der Waals surface area contributed by atoms with Crippen molar-refractivity contribution in [1.82, 2.24) is 0 Å². The van der Waals surface area contributed by atoms with Crippen LogP contribution in [-0.4, -0.2) is 22.2 Å². The Morgan fingerprint density at radius 1 is 1.21 bits per heavy atom. The summed E-state index contributed by atoms with van der Waals surface area (Å²) < 4.78 is 0. The van der Waals surface area contributed by atoms with Crippen LogP contribution in [0.3, 0.4) is 0 Å². The highest BCUT2D eigenvalue weighted by Gasteiger charge is 2.78. The minimum Gasteiger partial charge on any atom is -0.481 e. The molecule has 0 radical (unpaired) electrons. The van der Waals surface area contributed by atoms with E-state index in [-0.39, 0.29) is 22.3 Å². The Bertz CT molecular complexity index is 518. The van der Waals surface area contributed by atoms with Crippen molar-refractivity contribution in [3.63, 3.8) is 0 Å². The first kappa shape index (κ1) is 12.7. The fraction of sp³-hybridized carbons (Fsp3) is 0.733. The van der Waals surface area contributed by atoms with Crippen molar-refractivity contribution in [2.24, 2.45) is 28.1 Å². The third-order valence-corrected chi connectivity index (χ3v) is 5.81. The van der Waals surface area contributed by atoms with E-state index in [9.17, 15) is 19.8 Å². The first-order chi connectivity index (χ1) is 8.64. The van der Waals surface area contributed by atoms with Crippen LogP contribution in [0, 0.1) is 28.1 Å². The predicted octanol–water partition coefficient (Wildman–Crippen LogP) is 2.54. The Hall–Kier alpha value is -1.32. The van der Waals surface area contributed by atoms with Crippen LogP contribution < -0.4 is 0 Å². The van der Waals surface area contributed by atoms with Crippen LogP contribution >= 0.6 is 0 Å². The molecule has 104 valence electrons.